The Morgan fingerprint density at radius 2 is 1.83 bits per heavy atom. The zero-order valence-electron chi connectivity index (χ0n) is 21.3. The molecule has 0 unspecified atom stereocenters. The molecule has 0 saturated carbocycles. The number of hydrogen-bond donors (Lipinski definition) is 2. The molecule has 3 aromatic rings. The van der Waals surface area contributed by atoms with E-state index >= 15 is 0 Å². The maximum absolute atomic E-state index is 13.0. The lowest BCUT2D eigenvalue weighted by atomic mass is 9.79. The van der Waals surface area contributed by atoms with Crippen molar-refractivity contribution in [3.63, 3.8) is 0 Å². The molecule has 2 heterocycles. The second-order valence-electron chi connectivity index (χ2n) is 10.7. The molecule has 0 spiro atoms. The van der Waals surface area contributed by atoms with Gasteiger partial charge in [0.15, 0.2) is 0 Å². The normalized spacial score (nSPS) is 16.7. The summed E-state index contributed by atoms with van der Waals surface area (Å²) in [7, 11) is 0. The fraction of sp³-hybridized carbons (Fsp3) is 0.345. The molecule has 1 saturated heterocycles. The van der Waals surface area contributed by atoms with E-state index in [0.717, 1.165) is 29.7 Å². The summed E-state index contributed by atoms with van der Waals surface area (Å²) in [5.41, 5.74) is 3.15. The summed E-state index contributed by atoms with van der Waals surface area (Å²) in [5, 5.41) is 16.9. The van der Waals surface area contributed by atoms with Crippen LogP contribution in [0.2, 0.25) is 5.02 Å². The standard InChI is InChI=1S/C29H31ClN4O2/c1-18-9-10-20(17-32-18)22-7-6-8-25(23(22)16-31)36-26-12-11-19(13-24(26)30)27(35)33-21-14-28(2,3)34-29(4,5)15-21/h6-13,17,21,34H,14-15H2,1-5H3,(H,33,35). The number of carbonyl (C=O) groups excluding carboxylic acids is 1. The van der Waals surface area contributed by atoms with Crippen molar-refractivity contribution in [1.29, 1.82) is 5.26 Å². The van der Waals surface area contributed by atoms with Gasteiger partial charge < -0.3 is 15.4 Å². The first kappa shape index (κ1) is 25.7. The summed E-state index contributed by atoms with van der Waals surface area (Å²) in [6.07, 6.45) is 3.40. The monoisotopic (exact) mass is 502 g/mol. The number of nitrogens with zero attached hydrogens (tertiary/aromatic N) is 2. The Morgan fingerprint density at radius 3 is 2.44 bits per heavy atom. The van der Waals surface area contributed by atoms with Gasteiger partial charge in [-0.2, -0.15) is 5.26 Å². The Hall–Kier alpha value is -3.40. The first-order valence-electron chi connectivity index (χ1n) is 12.0. The third kappa shape index (κ3) is 5.87. The van der Waals surface area contributed by atoms with Gasteiger partial charge in [0.05, 0.1) is 5.02 Å². The van der Waals surface area contributed by atoms with Crippen LogP contribution >= 0.6 is 11.6 Å². The molecule has 7 heteroatoms. The molecule has 1 amide bonds. The van der Waals surface area contributed by atoms with E-state index in [2.05, 4.69) is 49.4 Å². The van der Waals surface area contributed by atoms with E-state index in [9.17, 15) is 10.1 Å². The number of ether oxygens (including phenoxy) is 1. The van der Waals surface area contributed by atoms with Gasteiger partial charge in [-0.25, -0.2) is 0 Å². The molecular weight excluding hydrogens is 472 g/mol. The molecule has 0 aliphatic carbocycles. The van der Waals surface area contributed by atoms with Gasteiger partial charge in [0.1, 0.15) is 23.1 Å². The predicted octanol–water partition coefficient (Wildman–Crippen LogP) is 6.41. The highest BCUT2D eigenvalue weighted by Gasteiger charge is 2.38. The van der Waals surface area contributed by atoms with Crippen molar-refractivity contribution in [2.75, 3.05) is 0 Å². The smallest absolute Gasteiger partial charge is 0.251 e. The van der Waals surface area contributed by atoms with Crippen molar-refractivity contribution in [3.05, 3.63) is 76.6 Å². The van der Waals surface area contributed by atoms with Crippen molar-refractivity contribution in [1.82, 2.24) is 15.6 Å². The van der Waals surface area contributed by atoms with Crippen LogP contribution in [0.5, 0.6) is 11.5 Å². The van der Waals surface area contributed by atoms with Crippen LogP contribution in [-0.2, 0) is 0 Å². The van der Waals surface area contributed by atoms with Crippen LogP contribution in [-0.4, -0.2) is 28.0 Å². The van der Waals surface area contributed by atoms with Crippen molar-refractivity contribution in [2.24, 2.45) is 0 Å². The van der Waals surface area contributed by atoms with Gasteiger partial charge in [-0.05, 0) is 77.8 Å². The lowest BCUT2D eigenvalue weighted by Gasteiger charge is -2.46. The van der Waals surface area contributed by atoms with Crippen LogP contribution in [0.25, 0.3) is 11.1 Å². The number of benzene rings is 2. The molecule has 0 radical (unpaired) electrons. The average molecular weight is 503 g/mol. The number of nitrogens with one attached hydrogen (secondary N) is 2. The molecule has 2 aromatic carbocycles. The second kappa shape index (κ2) is 9.93. The third-order valence-electron chi connectivity index (χ3n) is 6.30. The largest absolute Gasteiger partial charge is 0.454 e. The Bertz CT molecular complexity index is 1310. The Morgan fingerprint density at radius 1 is 1.11 bits per heavy atom. The summed E-state index contributed by atoms with van der Waals surface area (Å²) in [5.74, 6) is 0.579. The lowest BCUT2D eigenvalue weighted by molar-refractivity contribution is 0.0873. The highest BCUT2D eigenvalue weighted by atomic mass is 35.5. The number of hydrogen-bond acceptors (Lipinski definition) is 5. The minimum absolute atomic E-state index is 0.0515. The summed E-state index contributed by atoms with van der Waals surface area (Å²) < 4.78 is 6.04. The molecule has 36 heavy (non-hydrogen) atoms. The molecule has 186 valence electrons. The number of halogens is 1. The summed E-state index contributed by atoms with van der Waals surface area (Å²) in [6, 6.07) is 16.5. The highest BCUT2D eigenvalue weighted by Crippen LogP contribution is 2.36. The highest BCUT2D eigenvalue weighted by molar-refractivity contribution is 6.32. The zero-order chi connectivity index (χ0) is 26.1. The number of amides is 1. The van der Waals surface area contributed by atoms with Crippen LogP contribution in [0.4, 0.5) is 0 Å². The molecule has 1 fully saturated rings. The van der Waals surface area contributed by atoms with Gasteiger partial charge in [0.2, 0.25) is 0 Å². The summed E-state index contributed by atoms with van der Waals surface area (Å²) >= 11 is 6.52. The predicted molar refractivity (Wildman–Crippen MR) is 142 cm³/mol. The van der Waals surface area contributed by atoms with E-state index < -0.39 is 0 Å². The van der Waals surface area contributed by atoms with Gasteiger partial charge in [0.25, 0.3) is 5.91 Å². The van der Waals surface area contributed by atoms with E-state index in [0.29, 0.717) is 27.6 Å². The Kier molecular flexibility index (Phi) is 7.08. The maximum Gasteiger partial charge on any atom is 0.251 e. The Labute approximate surface area is 217 Å². The number of nitriles is 1. The van der Waals surface area contributed by atoms with E-state index in [-0.39, 0.29) is 23.0 Å². The van der Waals surface area contributed by atoms with E-state index in [1.165, 1.54) is 0 Å². The topological polar surface area (TPSA) is 87.0 Å². The quantitative estimate of drug-likeness (QED) is 0.420. The maximum atomic E-state index is 13.0. The van der Waals surface area contributed by atoms with Crippen LogP contribution < -0.4 is 15.4 Å². The number of aromatic nitrogens is 1. The van der Waals surface area contributed by atoms with Crippen molar-refractivity contribution < 1.29 is 9.53 Å². The fourth-order valence-corrected chi connectivity index (χ4v) is 5.35. The van der Waals surface area contributed by atoms with Crippen LogP contribution in [0, 0.1) is 18.3 Å². The third-order valence-corrected chi connectivity index (χ3v) is 6.60. The average Bonchev–Trinajstić information content (AvgIpc) is 2.78. The first-order chi connectivity index (χ1) is 17.0. The van der Waals surface area contributed by atoms with E-state index in [1.807, 2.05) is 31.2 Å². The number of piperidine rings is 1. The van der Waals surface area contributed by atoms with Crippen LogP contribution in [0.3, 0.4) is 0 Å². The van der Waals surface area contributed by atoms with Crippen molar-refractivity contribution >= 4 is 17.5 Å². The molecule has 4 rings (SSSR count). The number of carbonyl (C=O) groups is 1. The summed E-state index contributed by atoms with van der Waals surface area (Å²) in [4.78, 5) is 17.3. The number of pyridine rings is 1. The molecule has 0 atom stereocenters. The minimum Gasteiger partial charge on any atom is -0.454 e. The Balaban J connectivity index is 1.53. The zero-order valence-corrected chi connectivity index (χ0v) is 22.0. The van der Waals surface area contributed by atoms with Crippen molar-refractivity contribution in [3.8, 4) is 28.7 Å². The molecule has 1 aromatic heterocycles. The first-order valence-corrected chi connectivity index (χ1v) is 12.4. The van der Waals surface area contributed by atoms with E-state index in [4.69, 9.17) is 16.3 Å². The van der Waals surface area contributed by atoms with Crippen LogP contribution in [0.15, 0.2) is 54.7 Å². The minimum atomic E-state index is -0.173. The lowest BCUT2D eigenvalue weighted by Crippen LogP contribution is -2.62. The van der Waals surface area contributed by atoms with Gasteiger partial charge >= 0.3 is 0 Å². The SMILES string of the molecule is Cc1ccc(-c2cccc(Oc3ccc(C(=O)NC4CC(C)(C)NC(C)(C)C4)cc3Cl)c2C#N)cn1. The van der Waals surface area contributed by atoms with Gasteiger partial charge in [-0.15, -0.1) is 0 Å². The van der Waals surface area contributed by atoms with Gasteiger partial charge in [-0.3, -0.25) is 9.78 Å². The van der Waals surface area contributed by atoms with Gasteiger partial charge in [0, 0.05) is 45.7 Å². The molecule has 6 nitrogen and oxygen atoms in total. The molecule has 0 bridgehead atoms. The number of rotatable bonds is 5. The van der Waals surface area contributed by atoms with E-state index in [1.54, 1.807) is 30.5 Å². The van der Waals surface area contributed by atoms with Crippen molar-refractivity contribution in [2.45, 2.75) is 64.6 Å². The van der Waals surface area contributed by atoms with Crippen LogP contribution in [0.1, 0.15) is 62.2 Å². The summed E-state index contributed by atoms with van der Waals surface area (Å²) in [6.45, 7) is 10.5. The molecule has 1 aliphatic rings. The molecular formula is C29H31ClN4O2. The molecule has 1 aliphatic heterocycles. The van der Waals surface area contributed by atoms with Gasteiger partial charge in [-0.1, -0.05) is 29.8 Å². The second-order valence-corrected chi connectivity index (χ2v) is 11.1. The molecule has 2 N–H and O–H groups in total. The fourth-order valence-electron chi connectivity index (χ4n) is 5.14. The number of aryl methyl sites for hydroxylation is 1.